The van der Waals surface area contributed by atoms with Gasteiger partial charge < -0.3 is 9.80 Å². The first-order valence-corrected chi connectivity index (χ1v) is 11.8. The summed E-state index contributed by atoms with van der Waals surface area (Å²) in [6, 6.07) is 13.3. The monoisotopic (exact) mass is 483 g/mol. The number of amides is 2. The fourth-order valence-corrected chi connectivity index (χ4v) is 4.40. The first-order valence-electron chi connectivity index (χ1n) is 10.9. The van der Waals surface area contributed by atoms with Crippen molar-refractivity contribution in [1.82, 2.24) is 9.80 Å². The van der Waals surface area contributed by atoms with Gasteiger partial charge in [-0.3, -0.25) is 19.7 Å². The van der Waals surface area contributed by atoms with E-state index in [2.05, 4.69) is 0 Å². The highest BCUT2D eigenvalue weighted by molar-refractivity contribution is 7.10. The maximum absolute atomic E-state index is 13.4. The standard InChI is InChI=1S/C25H26FN3O4S/c1-3-13-27(25(31)20-6-10-22(11-7-20)29(32)33)17-24(30)28(16-23-18(2)12-14-34-23)15-19-4-8-21(26)9-5-19/h4-12,14H,3,13,15-17H2,1-2H3. The van der Waals surface area contributed by atoms with Crippen LogP contribution in [0.4, 0.5) is 10.1 Å². The highest BCUT2D eigenvalue weighted by atomic mass is 32.1. The highest BCUT2D eigenvalue weighted by Gasteiger charge is 2.23. The van der Waals surface area contributed by atoms with E-state index in [9.17, 15) is 24.1 Å². The summed E-state index contributed by atoms with van der Waals surface area (Å²) >= 11 is 1.55. The van der Waals surface area contributed by atoms with Crippen molar-refractivity contribution in [1.29, 1.82) is 0 Å². The SMILES string of the molecule is CCCN(CC(=O)N(Cc1ccc(F)cc1)Cc1sccc1C)C(=O)c1ccc([N+](=O)[O-])cc1. The highest BCUT2D eigenvalue weighted by Crippen LogP contribution is 2.20. The van der Waals surface area contributed by atoms with Gasteiger partial charge >= 0.3 is 0 Å². The van der Waals surface area contributed by atoms with Crippen molar-refractivity contribution < 1.29 is 18.9 Å². The van der Waals surface area contributed by atoms with Crippen molar-refractivity contribution in [3.8, 4) is 0 Å². The summed E-state index contributed by atoms with van der Waals surface area (Å²) < 4.78 is 13.4. The average molecular weight is 484 g/mol. The molecule has 0 unspecified atom stereocenters. The summed E-state index contributed by atoms with van der Waals surface area (Å²) in [6.07, 6.45) is 0.647. The zero-order valence-corrected chi connectivity index (χ0v) is 19.9. The first kappa shape index (κ1) is 25.0. The van der Waals surface area contributed by atoms with Crippen LogP contribution in [0.15, 0.2) is 60.0 Å². The van der Waals surface area contributed by atoms with E-state index in [0.29, 0.717) is 19.5 Å². The predicted octanol–water partition coefficient (Wildman–Crippen LogP) is 5.19. The Morgan fingerprint density at radius 3 is 2.24 bits per heavy atom. The molecule has 9 heteroatoms. The number of hydrogen-bond acceptors (Lipinski definition) is 5. The van der Waals surface area contributed by atoms with E-state index in [1.54, 1.807) is 28.4 Å². The zero-order chi connectivity index (χ0) is 24.7. The Kier molecular flexibility index (Phi) is 8.48. The Morgan fingerprint density at radius 2 is 1.68 bits per heavy atom. The minimum Gasteiger partial charge on any atom is -0.332 e. The summed E-state index contributed by atoms with van der Waals surface area (Å²) in [5.74, 6) is -0.946. The molecule has 0 aliphatic heterocycles. The summed E-state index contributed by atoms with van der Waals surface area (Å²) in [5.41, 5.74) is 2.04. The minimum atomic E-state index is -0.526. The third-order valence-electron chi connectivity index (χ3n) is 5.37. The molecular formula is C25H26FN3O4S. The third kappa shape index (κ3) is 6.48. The van der Waals surface area contributed by atoms with E-state index >= 15 is 0 Å². The van der Waals surface area contributed by atoms with E-state index in [1.807, 2.05) is 25.3 Å². The molecule has 34 heavy (non-hydrogen) atoms. The van der Waals surface area contributed by atoms with Crippen LogP contribution in [0.2, 0.25) is 0 Å². The van der Waals surface area contributed by atoms with Gasteiger partial charge in [0.25, 0.3) is 11.6 Å². The normalized spacial score (nSPS) is 10.7. The second-order valence-corrected chi connectivity index (χ2v) is 8.93. The fraction of sp³-hybridized carbons (Fsp3) is 0.280. The number of halogens is 1. The van der Waals surface area contributed by atoms with Crippen molar-refractivity contribution in [3.63, 3.8) is 0 Å². The topological polar surface area (TPSA) is 83.8 Å². The van der Waals surface area contributed by atoms with Gasteiger partial charge in [0, 0.05) is 35.7 Å². The molecule has 178 valence electrons. The third-order valence-corrected chi connectivity index (χ3v) is 6.38. The van der Waals surface area contributed by atoms with E-state index in [-0.39, 0.29) is 42.0 Å². The first-order chi connectivity index (χ1) is 16.3. The molecule has 2 aromatic carbocycles. The molecule has 1 aromatic heterocycles. The lowest BCUT2D eigenvalue weighted by atomic mass is 10.1. The Hall–Kier alpha value is -3.59. The Labute approximate surface area is 201 Å². The largest absolute Gasteiger partial charge is 0.332 e. The Balaban J connectivity index is 1.80. The number of hydrogen-bond donors (Lipinski definition) is 0. The molecule has 7 nitrogen and oxygen atoms in total. The summed E-state index contributed by atoms with van der Waals surface area (Å²) in [7, 11) is 0. The molecule has 0 atom stereocenters. The maximum Gasteiger partial charge on any atom is 0.269 e. The molecule has 0 radical (unpaired) electrons. The molecule has 0 bridgehead atoms. The molecule has 0 aliphatic carbocycles. The van der Waals surface area contributed by atoms with E-state index in [0.717, 1.165) is 16.0 Å². The number of aryl methyl sites for hydroxylation is 1. The van der Waals surface area contributed by atoms with Gasteiger partial charge in [-0.2, -0.15) is 0 Å². The lowest BCUT2D eigenvalue weighted by molar-refractivity contribution is -0.384. The minimum absolute atomic E-state index is 0.105. The molecule has 0 fully saturated rings. The zero-order valence-electron chi connectivity index (χ0n) is 19.1. The van der Waals surface area contributed by atoms with Crippen LogP contribution in [0.3, 0.4) is 0 Å². The lowest BCUT2D eigenvalue weighted by Gasteiger charge is -2.28. The van der Waals surface area contributed by atoms with Crippen LogP contribution in [0.25, 0.3) is 0 Å². The van der Waals surface area contributed by atoms with Crippen molar-refractivity contribution in [2.45, 2.75) is 33.4 Å². The van der Waals surface area contributed by atoms with Gasteiger partial charge in [0.15, 0.2) is 0 Å². The number of nitro benzene ring substituents is 1. The van der Waals surface area contributed by atoms with Gasteiger partial charge in [-0.25, -0.2) is 4.39 Å². The molecule has 3 rings (SSSR count). The molecule has 0 spiro atoms. The summed E-state index contributed by atoms with van der Waals surface area (Å²) in [4.78, 5) is 41.0. The van der Waals surface area contributed by atoms with E-state index < -0.39 is 4.92 Å². The van der Waals surface area contributed by atoms with E-state index in [4.69, 9.17) is 0 Å². The Morgan fingerprint density at radius 1 is 1.00 bits per heavy atom. The number of nitro groups is 1. The Bertz CT molecular complexity index is 1150. The number of benzene rings is 2. The smallest absolute Gasteiger partial charge is 0.269 e. The molecule has 2 amide bonds. The van der Waals surface area contributed by atoms with Crippen molar-refractivity contribution >= 4 is 28.8 Å². The van der Waals surface area contributed by atoms with Gasteiger partial charge in [0.1, 0.15) is 12.4 Å². The van der Waals surface area contributed by atoms with Gasteiger partial charge in [0.05, 0.1) is 11.5 Å². The van der Waals surface area contributed by atoms with Gasteiger partial charge in [-0.05, 0) is 60.2 Å². The average Bonchev–Trinajstić information content (AvgIpc) is 3.23. The van der Waals surface area contributed by atoms with E-state index in [1.165, 1.54) is 41.3 Å². The number of carbonyl (C=O) groups is 2. The molecule has 0 N–H and O–H groups in total. The lowest BCUT2D eigenvalue weighted by Crippen LogP contribution is -2.42. The van der Waals surface area contributed by atoms with Crippen LogP contribution in [0.5, 0.6) is 0 Å². The number of non-ortho nitro benzene ring substituents is 1. The number of thiophene rings is 1. The van der Waals surface area contributed by atoms with Crippen LogP contribution < -0.4 is 0 Å². The number of rotatable bonds is 10. The molecule has 0 aliphatic rings. The van der Waals surface area contributed by atoms with Crippen molar-refractivity contribution in [3.05, 3.63) is 97.5 Å². The maximum atomic E-state index is 13.4. The van der Waals surface area contributed by atoms with Crippen LogP contribution in [-0.2, 0) is 17.9 Å². The number of nitrogens with zero attached hydrogens (tertiary/aromatic N) is 3. The quantitative estimate of drug-likeness (QED) is 0.294. The van der Waals surface area contributed by atoms with Crippen molar-refractivity contribution in [2.24, 2.45) is 0 Å². The van der Waals surface area contributed by atoms with Crippen molar-refractivity contribution in [2.75, 3.05) is 13.1 Å². The molecule has 1 heterocycles. The van der Waals surface area contributed by atoms with Gasteiger partial charge in [-0.1, -0.05) is 19.1 Å². The molecular weight excluding hydrogens is 457 g/mol. The molecule has 0 saturated heterocycles. The second kappa shape index (κ2) is 11.5. The predicted molar refractivity (Wildman–Crippen MR) is 129 cm³/mol. The summed E-state index contributed by atoms with van der Waals surface area (Å²) in [6.45, 7) is 4.78. The molecule has 0 saturated carbocycles. The fourth-order valence-electron chi connectivity index (χ4n) is 3.48. The second-order valence-electron chi connectivity index (χ2n) is 7.93. The van der Waals surface area contributed by atoms with Crippen LogP contribution in [-0.4, -0.2) is 39.6 Å². The number of carbonyl (C=O) groups excluding carboxylic acids is 2. The van der Waals surface area contributed by atoms with Gasteiger partial charge in [-0.15, -0.1) is 11.3 Å². The van der Waals surface area contributed by atoms with Crippen LogP contribution in [0.1, 0.15) is 39.7 Å². The van der Waals surface area contributed by atoms with Gasteiger partial charge in [0.2, 0.25) is 5.91 Å². The summed E-state index contributed by atoms with van der Waals surface area (Å²) in [5, 5.41) is 12.9. The van der Waals surface area contributed by atoms with Crippen LogP contribution >= 0.6 is 11.3 Å². The molecule has 3 aromatic rings. The van der Waals surface area contributed by atoms with Crippen LogP contribution in [0, 0.1) is 22.9 Å².